The quantitative estimate of drug-likeness (QED) is 0.302. The average molecular weight is 571 g/mol. The van der Waals surface area contributed by atoms with E-state index in [0.29, 0.717) is 5.56 Å². The summed E-state index contributed by atoms with van der Waals surface area (Å²) in [6, 6.07) is 17.8. The first-order chi connectivity index (χ1) is 16.8. The first kappa shape index (κ1) is 22.6. The predicted molar refractivity (Wildman–Crippen MR) is 132 cm³/mol. The van der Waals surface area contributed by atoms with Crippen molar-refractivity contribution in [1.29, 1.82) is 0 Å². The largest absolute Gasteiger partial charge is 0.349 e. The highest BCUT2D eigenvalue weighted by Crippen LogP contribution is 2.58. The Labute approximate surface area is 217 Å². The Balaban J connectivity index is 1.56. The highest BCUT2D eigenvalue weighted by Gasteiger charge is 2.74. The van der Waals surface area contributed by atoms with Gasteiger partial charge in [-0.05, 0) is 35.9 Å². The average Bonchev–Trinajstić information content (AvgIpc) is 3.41. The molecule has 9 heteroatoms. The van der Waals surface area contributed by atoms with Crippen molar-refractivity contribution in [3.05, 3.63) is 97.9 Å². The van der Waals surface area contributed by atoms with E-state index in [2.05, 4.69) is 15.9 Å². The molecule has 0 saturated carbocycles. The number of ether oxygens (including phenoxy) is 1. The molecule has 0 N–H and O–H groups in total. The minimum atomic E-state index is -2.14. The second-order valence-electron chi connectivity index (χ2n) is 8.64. The van der Waals surface area contributed by atoms with Crippen LogP contribution in [-0.2, 0) is 14.3 Å². The monoisotopic (exact) mass is 569 g/mol. The van der Waals surface area contributed by atoms with Crippen LogP contribution in [0.25, 0.3) is 0 Å². The van der Waals surface area contributed by atoms with E-state index in [1.165, 1.54) is 30.3 Å². The van der Waals surface area contributed by atoms with Gasteiger partial charge in [0.15, 0.2) is 0 Å². The summed E-state index contributed by atoms with van der Waals surface area (Å²) in [4.78, 5) is 56.1. The van der Waals surface area contributed by atoms with Gasteiger partial charge >= 0.3 is 0 Å². The van der Waals surface area contributed by atoms with Gasteiger partial charge in [0.25, 0.3) is 0 Å². The van der Waals surface area contributed by atoms with Gasteiger partial charge in [-0.3, -0.25) is 19.2 Å². The van der Waals surface area contributed by atoms with Crippen LogP contribution in [0.1, 0.15) is 32.4 Å². The molecule has 2 saturated heterocycles. The number of anilines is 1. The van der Waals surface area contributed by atoms with E-state index in [4.69, 9.17) is 27.9 Å². The Kier molecular flexibility index (Phi) is 5.06. The molecule has 0 unspecified atom stereocenters. The number of imide groups is 1. The first-order valence-corrected chi connectivity index (χ1v) is 12.3. The molecule has 3 atom stereocenters. The SMILES string of the molecule is O=C1[C@@H]2[C@@H](c3ccc(Br)cc3)OC3(C(=O)c4ccccc4C3=O)[C@H]2C(=O)N1c1cc(Cl)ccc1Cl. The van der Waals surface area contributed by atoms with Crippen molar-refractivity contribution in [2.24, 2.45) is 11.8 Å². The van der Waals surface area contributed by atoms with Crippen molar-refractivity contribution >= 4 is 68.2 Å². The van der Waals surface area contributed by atoms with E-state index in [1.807, 2.05) is 0 Å². The zero-order valence-electron chi connectivity index (χ0n) is 17.7. The minimum Gasteiger partial charge on any atom is -0.349 e. The van der Waals surface area contributed by atoms with Gasteiger partial charge in [-0.15, -0.1) is 0 Å². The maximum atomic E-state index is 13.9. The van der Waals surface area contributed by atoms with Crippen molar-refractivity contribution < 1.29 is 23.9 Å². The number of halogens is 3. The summed E-state index contributed by atoms with van der Waals surface area (Å²) in [6.07, 6.45) is -1.00. The summed E-state index contributed by atoms with van der Waals surface area (Å²) in [5.74, 6) is -5.03. The third kappa shape index (κ3) is 2.99. The van der Waals surface area contributed by atoms with Gasteiger partial charge in [0, 0.05) is 20.6 Å². The highest BCUT2D eigenvalue weighted by atomic mass is 79.9. The number of fused-ring (bicyclic) bond motifs is 3. The molecular weight excluding hydrogens is 557 g/mol. The van der Waals surface area contributed by atoms with Gasteiger partial charge in [0.05, 0.1) is 28.6 Å². The number of hydrogen-bond acceptors (Lipinski definition) is 5. The van der Waals surface area contributed by atoms with Crippen molar-refractivity contribution in [1.82, 2.24) is 0 Å². The standard InChI is InChI=1S/C26H14BrCl2NO5/c27-13-7-5-12(6-8-13)21-19-20(25(34)30(24(19)33)18-11-14(28)9-10-17(18)29)26(35-21)22(31)15-3-1-2-4-16(15)23(26)32/h1-11,19-21H/t19-,20+,21+/m0/s1. The van der Waals surface area contributed by atoms with E-state index >= 15 is 0 Å². The number of benzene rings is 3. The van der Waals surface area contributed by atoms with Crippen molar-refractivity contribution in [2.45, 2.75) is 11.7 Å². The summed E-state index contributed by atoms with van der Waals surface area (Å²) in [5, 5.41) is 0.413. The lowest BCUT2D eigenvalue weighted by molar-refractivity contribution is -0.127. The fourth-order valence-electron chi connectivity index (χ4n) is 5.37. The molecule has 3 aliphatic rings. The van der Waals surface area contributed by atoms with E-state index in [9.17, 15) is 19.2 Å². The molecule has 2 fully saturated rings. The molecule has 0 bridgehead atoms. The van der Waals surface area contributed by atoms with Crippen LogP contribution in [0, 0.1) is 11.8 Å². The lowest BCUT2D eigenvalue weighted by Crippen LogP contribution is -2.51. The van der Waals surface area contributed by atoms with Crippen molar-refractivity contribution in [3.8, 4) is 0 Å². The number of ketones is 2. The molecular formula is C26H14BrCl2NO5. The number of carbonyl (C=O) groups excluding carboxylic acids is 4. The van der Waals surface area contributed by atoms with Gasteiger partial charge in [-0.25, -0.2) is 4.90 Å². The normalized spacial score (nSPS) is 24.4. The molecule has 35 heavy (non-hydrogen) atoms. The molecule has 2 heterocycles. The number of hydrogen-bond donors (Lipinski definition) is 0. The lowest BCUT2D eigenvalue weighted by atomic mass is 9.77. The Morgan fingerprint density at radius 2 is 1.46 bits per heavy atom. The fourth-order valence-corrected chi connectivity index (χ4v) is 6.00. The number of rotatable bonds is 2. The molecule has 6 rings (SSSR count). The predicted octanol–water partition coefficient (Wildman–Crippen LogP) is 5.45. The Hall–Kier alpha value is -2.84. The van der Waals surface area contributed by atoms with Crippen LogP contribution in [0.4, 0.5) is 5.69 Å². The molecule has 2 aliphatic heterocycles. The molecule has 174 valence electrons. The topological polar surface area (TPSA) is 80.8 Å². The summed E-state index contributed by atoms with van der Waals surface area (Å²) >= 11 is 15.9. The second-order valence-corrected chi connectivity index (χ2v) is 10.4. The second kappa shape index (κ2) is 7.83. The Bertz CT molecular complexity index is 1440. The maximum Gasteiger partial charge on any atom is 0.241 e. The number of nitrogens with zero attached hydrogens (tertiary/aromatic N) is 1. The van der Waals surface area contributed by atoms with Gasteiger partial charge in [0.1, 0.15) is 0 Å². The van der Waals surface area contributed by atoms with E-state index in [-0.39, 0.29) is 26.9 Å². The molecule has 0 aromatic heterocycles. The van der Waals surface area contributed by atoms with Gasteiger partial charge in [-0.2, -0.15) is 0 Å². The van der Waals surface area contributed by atoms with Crippen molar-refractivity contribution in [3.63, 3.8) is 0 Å². The van der Waals surface area contributed by atoms with Crippen LogP contribution in [0.5, 0.6) is 0 Å². The van der Waals surface area contributed by atoms with Crippen molar-refractivity contribution in [2.75, 3.05) is 4.90 Å². The molecule has 6 nitrogen and oxygen atoms in total. The Morgan fingerprint density at radius 1 is 0.829 bits per heavy atom. The van der Waals surface area contributed by atoms with E-state index in [0.717, 1.165) is 9.37 Å². The molecule has 1 aliphatic carbocycles. The minimum absolute atomic E-state index is 0.101. The first-order valence-electron chi connectivity index (χ1n) is 10.7. The highest BCUT2D eigenvalue weighted by molar-refractivity contribution is 9.10. The zero-order chi connectivity index (χ0) is 24.6. The molecule has 2 amide bonds. The number of carbonyl (C=O) groups is 4. The number of Topliss-reactive ketones (excluding diaryl/α,β-unsaturated/α-hetero) is 2. The number of amides is 2. The maximum absolute atomic E-state index is 13.9. The lowest BCUT2D eigenvalue weighted by Gasteiger charge is -2.27. The summed E-state index contributed by atoms with van der Waals surface area (Å²) in [5.41, 5.74) is -1.13. The molecule has 3 aromatic carbocycles. The van der Waals surface area contributed by atoms with Crippen LogP contribution >= 0.6 is 39.1 Å². The Morgan fingerprint density at radius 3 is 2.09 bits per heavy atom. The smallest absolute Gasteiger partial charge is 0.241 e. The van der Waals surface area contributed by atoms with Crippen LogP contribution in [0.3, 0.4) is 0 Å². The van der Waals surface area contributed by atoms with Crippen LogP contribution in [0.15, 0.2) is 71.2 Å². The summed E-state index contributed by atoms with van der Waals surface area (Å²) in [7, 11) is 0. The fraction of sp³-hybridized carbons (Fsp3) is 0.154. The molecule has 3 aromatic rings. The van der Waals surface area contributed by atoms with Gasteiger partial charge < -0.3 is 4.74 Å². The molecule has 0 radical (unpaired) electrons. The molecule has 1 spiro atoms. The van der Waals surface area contributed by atoms with E-state index in [1.54, 1.807) is 36.4 Å². The summed E-state index contributed by atoms with van der Waals surface area (Å²) < 4.78 is 7.05. The zero-order valence-corrected chi connectivity index (χ0v) is 20.8. The third-order valence-electron chi connectivity index (χ3n) is 6.87. The van der Waals surface area contributed by atoms with Gasteiger partial charge in [-0.1, -0.05) is 75.5 Å². The van der Waals surface area contributed by atoms with E-state index < -0.39 is 46.9 Å². The van der Waals surface area contributed by atoms with Crippen LogP contribution in [0.2, 0.25) is 10.0 Å². The van der Waals surface area contributed by atoms with Crippen LogP contribution < -0.4 is 4.90 Å². The van der Waals surface area contributed by atoms with Gasteiger partial charge in [0.2, 0.25) is 29.0 Å². The summed E-state index contributed by atoms with van der Waals surface area (Å²) in [6.45, 7) is 0. The third-order valence-corrected chi connectivity index (χ3v) is 7.95. The van der Waals surface area contributed by atoms with Crippen LogP contribution in [-0.4, -0.2) is 29.0 Å².